The van der Waals surface area contributed by atoms with E-state index >= 15 is 0 Å². The number of fused-ring (bicyclic) bond motifs is 1. The molecule has 0 aliphatic carbocycles. The number of hydrogen-bond acceptors (Lipinski definition) is 4. The zero-order valence-electron chi connectivity index (χ0n) is 12.3. The summed E-state index contributed by atoms with van der Waals surface area (Å²) in [6.45, 7) is 4.43. The largest absolute Gasteiger partial charge is 0.496 e. The average Bonchev–Trinajstić information content (AvgIpc) is 2.81. The van der Waals surface area contributed by atoms with Gasteiger partial charge < -0.3 is 15.2 Å². The van der Waals surface area contributed by atoms with Crippen molar-refractivity contribution in [3.05, 3.63) is 23.3 Å². The van der Waals surface area contributed by atoms with Gasteiger partial charge >= 0.3 is 0 Å². The third-order valence-corrected chi connectivity index (χ3v) is 3.56. The third-order valence-electron chi connectivity index (χ3n) is 3.56. The monoisotopic (exact) mass is 274 g/mol. The van der Waals surface area contributed by atoms with Gasteiger partial charge in [0.25, 0.3) is 0 Å². The van der Waals surface area contributed by atoms with Crippen LogP contribution < -0.4 is 20.5 Å². The third kappa shape index (κ3) is 2.90. The summed E-state index contributed by atoms with van der Waals surface area (Å²) in [4.78, 5) is 0. The van der Waals surface area contributed by atoms with E-state index in [1.165, 1.54) is 5.56 Å². The minimum Gasteiger partial charge on any atom is -0.496 e. The maximum atomic E-state index is 5.88. The first-order valence-electron chi connectivity index (χ1n) is 6.88. The highest BCUT2D eigenvalue weighted by Crippen LogP contribution is 2.37. The van der Waals surface area contributed by atoms with Gasteiger partial charge in [-0.2, -0.15) is 0 Å². The van der Waals surface area contributed by atoms with Gasteiger partial charge in [-0.3, -0.25) is 5.32 Å². The van der Waals surface area contributed by atoms with Gasteiger partial charge in [0.2, 0.25) is 0 Å². The summed E-state index contributed by atoms with van der Waals surface area (Å²) in [6.07, 6.45) is 6.54. The Morgan fingerprint density at radius 1 is 1.60 bits per heavy atom. The first kappa shape index (κ1) is 14.7. The lowest BCUT2D eigenvalue weighted by Gasteiger charge is -2.22. The molecule has 1 aliphatic heterocycles. The van der Waals surface area contributed by atoms with Crippen LogP contribution in [0.1, 0.15) is 31.0 Å². The van der Waals surface area contributed by atoms with Crippen molar-refractivity contribution in [3.8, 4) is 23.8 Å². The second kappa shape index (κ2) is 6.17. The molecule has 0 aromatic heterocycles. The van der Waals surface area contributed by atoms with Crippen molar-refractivity contribution >= 4 is 0 Å². The molecule has 0 radical (unpaired) electrons. The maximum Gasteiger partial charge on any atom is 0.124 e. The van der Waals surface area contributed by atoms with Gasteiger partial charge in [0.15, 0.2) is 0 Å². The van der Waals surface area contributed by atoms with Crippen LogP contribution >= 0.6 is 0 Å². The Hall–Kier alpha value is -1.70. The van der Waals surface area contributed by atoms with Crippen molar-refractivity contribution in [2.24, 2.45) is 5.73 Å². The highest BCUT2D eigenvalue weighted by molar-refractivity contribution is 5.50. The van der Waals surface area contributed by atoms with Crippen molar-refractivity contribution < 1.29 is 9.47 Å². The van der Waals surface area contributed by atoms with Crippen LogP contribution in [0.5, 0.6) is 11.5 Å². The first-order chi connectivity index (χ1) is 9.58. The standard InChI is InChI=1S/C16H22N2O2/c1-5-10(2)18-14(9-17)13-8-15-12(6-11(3)20-15)7-16(13)19-4/h1,7-8,10-11,14,18H,6,9,17H2,2-4H3. The van der Waals surface area contributed by atoms with Crippen LogP contribution in [0.4, 0.5) is 0 Å². The molecule has 0 bridgehead atoms. The van der Waals surface area contributed by atoms with E-state index < -0.39 is 0 Å². The SMILES string of the molecule is C#CC(C)NC(CN)c1cc2c(cc1OC)CC(C)O2. The van der Waals surface area contributed by atoms with Crippen molar-refractivity contribution in [1.82, 2.24) is 5.32 Å². The van der Waals surface area contributed by atoms with Gasteiger partial charge in [-0.25, -0.2) is 0 Å². The lowest BCUT2D eigenvalue weighted by atomic mass is 10.0. The number of methoxy groups -OCH3 is 1. The van der Waals surface area contributed by atoms with Gasteiger partial charge in [-0.15, -0.1) is 6.42 Å². The van der Waals surface area contributed by atoms with Crippen molar-refractivity contribution in [1.29, 1.82) is 0 Å². The van der Waals surface area contributed by atoms with Gasteiger partial charge in [0.05, 0.1) is 13.2 Å². The zero-order chi connectivity index (χ0) is 14.7. The van der Waals surface area contributed by atoms with E-state index in [-0.39, 0.29) is 18.2 Å². The van der Waals surface area contributed by atoms with E-state index in [4.69, 9.17) is 21.6 Å². The molecule has 3 unspecified atom stereocenters. The Morgan fingerprint density at radius 3 is 2.95 bits per heavy atom. The van der Waals surface area contributed by atoms with E-state index in [0.717, 1.165) is 23.5 Å². The zero-order valence-corrected chi connectivity index (χ0v) is 12.3. The molecule has 1 aromatic carbocycles. The molecule has 1 heterocycles. The molecule has 1 aromatic rings. The van der Waals surface area contributed by atoms with Crippen LogP contribution in [-0.2, 0) is 6.42 Å². The fraction of sp³-hybridized carbons (Fsp3) is 0.500. The fourth-order valence-corrected chi connectivity index (χ4v) is 2.54. The Labute approximate surface area is 120 Å². The molecule has 3 N–H and O–H groups in total. The number of nitrogens with one attached hydrogen (secondary N) is 1. The number of hydrogen-bond donors (Lipinski definition) is 2. The van der Waals surface area contributed by atoms with Crippen LogP contribution in [0.25, 0.3) is 0 Å². The Balaban J connectivity index is 2.35. The predicted molar refractivity (Wildman–Crippen MR) is 80.0 cm³/mol. The molecule has 20 heavy (non-hydrogen) atoms. The van der Waals surface area contributed by atoms with Gasteiger partial charge in [-0.1, -0.05) is 5.92 Å². The minimum absolute atomic E-state index is 0.0543. The molecule has 4 heteroatoms. The lowest BCUT2D eigenvalue weighted by molar-refractivity contribution is 0.254. The number of benzene rings is 1. The van der Waals surface area contributed by atoms with E-state index in [1.54, 1.807) is 7.11 Å². The lowest BCUT2D eigenvalue weighted by Crippen LogP contribution is -2.34. The molecular formula is C16H22N2O2. The molecule has 0 amide bonds. The molecular weight excluding hydrogens is 252 g/mol. The molecule has 108 valence electrons. The summed E-state index contributed by atoms with van der Waals surface area (Å²) in [5, 5.41) is 3.31. The summed E-state index contributed by atoms with van der Waals surface area (Å²) in [7, 11) is 1.67. The maximum absolute atomic E-state index is 5.88. The van der Waals surface area contributed by atoms with E-state index in [2.05, 4.69) is 18.2 Å². The number of nitrogens with two attached hydrogens (primary N) is 1. The summed E-state index contributed by atoms with van der Waals surface area (Å²) >= 11 is 0. The normalized spacial score (nSPS) is 19.6. The van der Waals surface area contributed by atoms with Crippen molar-refractivity contribution in [3.63, 3.8) is 0 Å². The fourth-order valence-electron chi connectivity index (χ4n) is 2.54. The highest BCUT2D eigenvalue weighted by atomic mass is 16.5. The molecule has 0 saturated heterocycles. The summed E-state index contributed by atoms with van der Waals surface area (Å²) in [5.41, 5.74) is 8.05. The Morgan fingerprint density at radius 2 is 2.35 bits per heavy atom. The van der Waals surface area contributed by atoms with Crippen LogP contribution in [0.15, 0.2) is 12.1 Å². The number of ether oxygens (including phenoxy) is 2. The van der Waals surface area contributed by atoms with Crippen molar-refractivity contribution in [2.75, 3.05) is 13.7 Å². The summed E-state index contributed by atoms with van der Waals surface area (Å²) in [6, 6.07) is 3.95. The second-order valence-electron chi connectivity index (χ2n) is 5.18. The molecule has 4 nitrogen and oxygen atoms in total. The van der Waals surface area contributed by atoms with Gasteiger partial charge in [-0.05, 0) is 26.0 Å². The quantitative estimate of drug-likeness (QED) is 0.801. The Bertz CT molecular complexity index is 522. The number of rotatable bonds is 5. The van der Waals surface area contributed by atoms with Crippen LogP contribution in [0, 0.1) is 12.3 Å². The van der Waals surface area contributed by atoms with Crippen LogP contribution in [0.2, 0.25) is 0 Å². The minimum atomic E-state index is -0.0548. The smallest absolute Gasteiger partial charge is 0.124 e. The van der Waals surface area contributed by atoms with Gasteiger partial charge in [0.1, 0.15) is 17.6 Å². The van der Waals surface area contributed by atoms with E-state index in [1.807, 2.05) is 19.1 Å². The number of terminal acetylenes is 1. The molecule has 0 spiro atoms. The van der Waals surface area contributed by atoms with E-state index in [0.29, 0.717) is 6.54 Å². The average molecular weight is 274 g/mol. The molecule has 1 aliphatic rings. The van der Waals surface area contributed by atoms with Gasteiger partial charge in [0, 0.05) is 30.1 Å². The van der Waals surface area contributed by atoms with Crippen LogP contribution in [0.3, 0.4) is 0 Å². The topological polar surface area (TPSA) is 56.5 Å². The first-order valence-corrected chi connectivity index (χ1v) is 6.88. The summed E-state index contributed by atoms with van der Waals surface area (Å²) < 4.78 is 11.3. The molecule has 3 atom stereocenters. The molecule has 0 saturated carbocycles. The predicted octanol–water partition coefficient (Wildman–Crippen LogP) is 1.63. The second-order valence-corrected chi connectivity index (χ2v) is 5.18. The van der Waals surface area contributed by atoms with Crippen LogP contribution in [-0.4, -0.2) is 25.8 Å². The van der Waals surface area contributed by atoms with Crippen molar-refractivity contribution in [2.45, 2.75) is 38.5 Å². The molecule has 2 rings (SSSR count). The Kier molecular flexibility index (Phi) is 4.53. The summed E-state index contributed by atoms with van der Waals surface area (Å²) in [5.74, 6) is 4.40. The highest BCUT2D eigenvalue weighted by Gasteiger charge is 2.24. The molecule has 0 fully saturated rings. The van der Waals surface area contributed by atoms with E-state index in [9.17, 15) is 0 Å².